The molecule has 2 aromatic carbocycles. The normalized spacial score (nSPS) is 11.8. The third-order valence-electron chi connectivity index (χ3n) is 6.96. The van der Waals surface area contributed by atoms with Gasteiger partial charge in [0, 0.05) is 48.6 Å². The Labute approximate surface area is 233 Å². The Hall–Kier alpha value is -4.50. The van der Waals surface area contributed by atoms with Gasteiger partial charge in [-0.05, 0) is 56.5 Å². The lowest BCUT2D eigenvalue weighted by Gasteiger charge is -2.33. The molecule has 0 aliphatic rings. The summed E-state index contributed by atoms with van der Waals surface area (Å²) in [5.74, 6) is 1.14. The van der Waals surface area contributed by atoms with Gasteiger partial charge in [-0.3, -0.25) is 9.88 Å². The number of benzene rings is 2. The molecule has 3 aromatic heterocycles. The van der Waals surface area contributed by atoms with Crippen molar-refractivity contribution in [2.75, 3.05) is 12.3 Å². The Morgan fingerprint density at radius 2 is 1.80 bits per heavy atom. The molecule has 206 valence electrons. The van der Waals surface area contributed by atoms with E-state index in [0.717, 1.165) is 44.5 Å². The van der Waals surface area contributed by atoms with Crippen LogP contribution >= 0.6 is 0 Å². The fourth-order valence-electron chi connectivity index (χ4n) is 4.85. The molecule has 0 unspecified atom stereocenters. The van der Waals surface area contributed by atoms with Crippen molar-refractivity contribution in [1.82, 2.24) is 24.4 Å². The highest BCUT2D eigenvalue weighted by Crippen LogP contribution is 2.32. The Kier molecular flexibility index (Phi) is 7.40. The monoisotopic (exact) mass is 538 g/mol. The van der Waals surface area contributed by atoms with Gasteiger partial charge in [0.2, 0.25) is 0 Å². The Morgan fingerprint density at radius 3 is 2.45 bits per heavy atom. The maximum absolute atomic E-state index is 11.8. The van der Waals surface area contributed by atoms with E-state index in [1.165, 1.54) is 4.90 Å². The van der Waals surface area contributed by atoms with Gasteiger partial charge in [0.15, 0.2) is 5.82 Å². The summed E-state index contributed by atoms with van der Waals surface area (Å²) in [6, 6.07) is 18.1. The number of nitrogen functional groups attached to an aromatic ring is 1. The average molecular weight is 539 g/mol. The highest BCUT2D eigenvalue weighted by Gasteiger charge is 2.26. The Balaban J connectivity index is 1.55. The summed E-state index contributed by atoms with van der Waals surface area (Å²) in [5, 5.41) is 10.6. The maximum Gasteiger partial charge on any atom is 0.408 e. The molecule has 0 atom stereocenters. The van der Waals surface area contributed by atoms with E-state index >= 15 is 0 Å². The first-order valence-electron chi connectivity index (χ1n) is 13.3. The molecule has 0 radical (unpaired) electrons. The first-order chi connectivity index (χ1) is 19.2. The molecule has 5 aromatic rings. The maximum atomic E-state index is 11.8. The van der Waals surface area contributed by atoms with Crippen molar-refractivity contribution in [2.24, 2.45) is 0 Å². The number of nitrogens with zero attached hydrogens (tertiary/aromatic N) is 5. The van der Waals surface area contributed by atoms with E-state index < -0.39 is 11.6 Å². The largest absolute Gasteiger partial charge is 0.465 e. The number of amides is 1. The van der Waals surface area contributed by atoms with Gasteiger partial charge in [-0.15, -0.1) is 0 Å². The standard InChI is InChI=1S/C31H34N6O3/c1-5-40-19-26-35-27-28(24-13-12-22(15-25(24)34-29(27)32)23-7-6-14-33-16-23)36(26)17-20-8-10-21(11-9-20)18-37(30(38)39)31(2,3)4/h6-16H,5,17-19H2,1-4H3,(H2,32,34)(H,38,39). The number of fused-ring (bicyclic) bond motifs is 3. The zero-order valence-corrected chi connectivity index (χ0v) is 23.3. The molecule has 0 spiro atoms. The molecule has 3 heterocycles. The number of hydrogen-bond acceptors (Lipinski definition) is 6. The number of aromatic nitrogens is 4. The topological polar surface area (TPSA) is 119 Å². The van der Waals surface area contributed by atoms with Crippen molar-refractivity contribution in [3.63, 3.8) is 0 Å². The molecule has 0 bridgehead atoms. The van der Waals surface area contributed by atoms with E-state index in [1.54, 1.807) is 6.20 Å². The van der Waals surface area contributed by atoms with Crippen LogP contribution in [0.5, 0.6) is 0 Å². The third-order valence-corrected chi connectivity index (χ3v) is 6.96. The number of anilines is 1. The summed E-state index contributed by atoms with van der Waals surface area (Å²) in [7, 11) is 0. The third kappa shape index (κ3) is 5.46. The smallest absolute Gasteiger partial charge is 0.408 e. The number of imidazole rings is 1. The molecule has 0 fully saturated rings. The second-order valence-corrected chi connectivity index (χ2v) is 10.8. The molecular weight excluding hydrogens is 504 g/mol. The number of ether oxygens (including phenoxy) is 1. The molecule has 3 N–H and O–H groups in total. The molecule has 9 heteroatoms. The Bertz CT molecular complexity index is 1660. The van der Waals surface area contributed by atoms with Gasteiger partial charge in [0.05, 0.1) is 11.0 Å². The summed E-state index contributed by atoms with van der Waals surface area (Å²) in [4.78, 5) is 27.0. The lowest BCUT2D eigenvalue weighted by atomic mass is 10.0. The van der Waals surface area contributed by atoms with Crippen molar-refractivity contribution in [3.05, 3.63) is 83.9 Å². The molecule has 0 saturated carbocycles. The average Bonchev–Trinajstić information content (AvgIpc) is 3.29. The first kappa shape index (κ1) is 27.1. The van der Waals surface area contributed by atoms with Gasteiger partial charge in [-0.2, -0.15) is 0 Å². The highest BCUT2D eigenvalue weighted by atomic mass is 16.5. The summed E-state index contributed by atoms with van der Waals surface area (Å²) in [6.45, 7) is 9.40. The number of carboxylic acid groups (broad SMARTS) is 1. The van der Waals surface area contributed by atoms with E-state index in [9.17, 15) is 9.90 Å². The molecule has 9 nitrogen and oxygen atoms in total. The fraction of sp³-hybridized carbons (Fsp3) is 0.290. The minimum absolute atomic E-state index is 0.314. The van der Waals surface area contributed by atoms with Crippen molar-refractivity contribution >= 4 is 33.8 Å². The zero-order valence-electron chi connectivity index (χ0n) is 23.3. The second kappa shape index (κ2) is 10.9. The van der Waals surface area contributed by atoms with Crippen LogP contribution in [-0.2, 0) is 24.4 Å². The van der Waals surface area contributed by atoms with Crippen LogP contribution in [0.1, 0.15) is 44.6 Å². The van der Waals surface area contributed by atoms with Crippen LogP contribution in [0.15, 0.2) is 67.0 Å². The van der Waals surface area contributed by atoms with E-state index in [2.05, 4.69) is 21.7 Å². The molecule has 5 rings (SSSR count). The number of nitrogens with two attached hydrogens (primary N) is 1. The van der Waals surface area contributed by atoms with Crippen molar-refractivity contribution < 1.29 is 14.6 Å². The lowest BCUT2D eigenvalue weighted by molar-refractivity contribution is 0.0955. The van der Waals surface area contributed by atoms with Gasteiger partial charge in [0.25, 0.3) is 0 Å². The summed E-state index contributed by atoms with van der Waals surface area (Å²) < 4.78 is 7.90. The van der Waals surface area contributed by atoms with E-state index in [0.29, 0.717) is 37.6 Å². The van der Waals surface area contributed by atoms with Crippen LogP contribution in [-0.4, -0.2) is 47.8 Å². The minimum atomic E-state index is -0.938. The predicted molar refractivity (Wildman–Crippen MR) is 157 cm³/mol. The zero-order chi connectivity index (χ0) is 28.4. The van der Waals surface area contributed by atoms with E-state index in [-0.39, 0.29) is 0 Å². The number of carbonyl (C=O) groups is 1. The van der Waals surface area contributed by atoms with Crippen LogP contribution in [0, 0.1) is 0 Å². The molecule has 0 aliphatic carbocycles. The first-order valence-corrected chi connectivity index (χ1v) is 13.3. The minimum Gasteiger partial charge on any atom is -0.465 e. The summed E-state index contributed by atoms with van der Waals surface area (Å²) >= 11 is 0. The number of pyridine rings is 2. The van der Waals surface area contributed by atoms with E-state index in [4.69, 9.17) is 20.4 Å². The van der Waals surface area contributed by atoms with Crippen molar-refractivity contribution in [3.8, 4) is 11.1 Å². The van der Waals surface area contributed by atoms with Crippen LogP contribution in [0.3, 0.4) is 0 Å². The van der Waals surface area contributed by atoms with Crippen molar-refractivity contribution in [2.45, 2.75) is 52.9 Å². The number of rotatable bonds is 8. The Morgan fingerprint density at radius 1 is 1.05 bits per heavy atom. The fourth-order valence-corrected chi connectivity index (χ4v) is 4.85. The molecule has 0 aliphatic heterocycles. The molecule has 0 saturated heterocycles. The second-order valence-electron chi connectivity index (χ2n) is 10.8. The number of hydrogen-bond donors (Lipinski definition) is 2. The van der Waals surface area contributed by atoms with Crippen LogP contribution in [0.25, 0.3) is 33.1 Å². The summed E-state index contributed by atoms with van der Waals surface area (Å²) in [6.07, 6.45) is 2.64. The quantitative estimate of drug-likeness (QED) is 0.245. The van der Waals surface area contributed by atoms with Gasteiger partial charge in [-0.25, -0.2) is 14.8 Å². The predicted octanol–water partition coefficient (Wildman–Crippen LogP) is 6.09. The van der Waals surface area contributed by atoms with Crippen LogP contribution < -0.4 is 5.73 Å². The molecule has 40 heavy (non-hydrogen) atoms. The van der Waals surface area contributed by atoms with Crippen LogP contribution in [0.2, 0.25) is 0 Å². The lowest BCUT2D eigenvalue weighted by Crippen LogP contribution is -2.44. The molecule has 1 amide bonds. The van der Waals surface area contributed by atoms with Crippen LogP contribution in [0.4, 0.5) is 10.6 Å². The highest BCUT2D eigenvalue weighted by molar-refractivity contribution is 6.07. The van der Waals surface area contributed by atoms with Gasteiger partial charge >= 0.3 is 6.09 Å². The van der Waals surface area contributed by atoms with Gasteiger partial charge < -0.3 is 20.1 Å². The SMILES string of the molecule is CCOCc1nc2c(N)nc3cc(-c4cccnc4)ccc3c2n1Cc1ccc(CN(C(=O)O)C(C)(C)C)cc1. The summed E-state index contributed by atoms with van der Waals surface area (Å²) in [5.41, 5.74) is 12.3. The molecular formula is C31H34N6O3. The van der Waals surface area contributed by atoms with Gasteiger partial charge in [-0.1, -0.05) is 42.5 Å². The van der Waals surface area contributed by atoms with Gasteiger partial charge in [0.1, 0.15) is 17.9 Å². The van der Waals surface area contributed by atoms with E-state index in [1.807, 2.05) is 76.4 Å². The van der Waals surface area contributed by atoms with Crippen molar-refractivity contribution in [1.29, 1.82) is 0 Å².